The Kier molecular flexibility index (Phi) is 8.75. The summed E-state index contributed by atoms with van der Waals surface area (Å²) in [7, 11) is 0. The lowest BCUT2D eigenvalue weighted by Crippen LogP contribution is -2.06. The zero-order valence-electron chi connectivity index (χ0n) is 25.4. The second kappa shape index (κ2) is 13.4. The third-order valence-corrected chi connectivity index (χ3v) is 8.30. The Morgan fingerprint density at radius 2 is 1.14 bits per heavy atom. The number of hydrogen-bond donors (Lipinski definition) is 0. The molecule has 5 aromatic rings. The van der Waals surface area contributed by atoms with Crippen molar-refractivity contribution in [2.45, 2.75) is 20.3 Å². The molecule has 44 heavy (non-hydrogen) atoms. The summed E-state index contributed by atoms with van der Waals surface area (Å²) in [4.78, 5) is 5.14. The Balaban J connectivity index is 1.29. The van der Waals surface area contributed by atoms with Gasteiger partial charge in [0, 0.05) is 11.5 Å². The normalized spacial score (nSPS) is 15.1. The topological polar surface area (TPSA) is 12.4 Å². The maximum atomic E-state index is 5.14. The highest BCUT2D eigenvalue weighted by Crippen LogP contribution is 2.30. The van der Waals surface area contributed by atoms with Gasteiger partial charge < -0.3 is 0 Å². The van der Waals surface area contributed by atoms with Gasteiger partial charge in [0.25, 0.3) is 0 Å². The van der Waals surface area contributed by atoms with Crippen molar-refractivity contribution >= 4 is 17.0 Å². The molecule has 0 amide bonds. The molecule has 1 unspecified atom stereocenters. The van der Waals surface area contributed by atoms with Crippen LogP contribution >= 0.6 is 0 Å². The van der Waals surface area contributed by atoms with Crippen LogP contribution in [0.3, 0.4) is 0 Å². The van der Waals surface area contributed by atoms with Gasteiger partial charge >= 0.3 is 0 Å². The van der Waals surface area contributed by atoms with Crippen LogP contribution in [0.15, 0.2) is 175 Å². The predicted octanol–water partition coefficient (Wildman–Crippen LogP) is 11.4. The molecule has 0 aliphatic heterocycles. The van der Waals surface area contributed by atoms with Gasteiger partial charge in [0.05, 0.1) is 11.4 Å². The third kappa shape index (κ3) is 6.85. The minimum absolute atomic E-state index is 0.318. The minimum Gasteiger partial charge on any atom is -0.248 e. The molecule has 1 aliphatic carbocycles. The van der Waals surface area contributed by atoms with Crippen molar-refractivity contribution < 1.29 is 0 Å². The van der Waals surface area contributed by atoms with Gasteiger partial charge in [0.1, 0.15) is 0 Å². The Labute approximate surface area is 262 Å². The second-order valence-electron chi connectivity index (χ2n) is 11.4. The summed E-state index contributed by atoms with van der Waals surface area (Å²) in [5, 5.41) is 0. The van der Waals surface area contributed by atoms with E-state index in [2.05, 4.69) is 172 Å². The van der Waals surface area contributed by atoms with E-state index in [1.165, 1.54) is 44.5 Å². The lowest BCUT2D eigenvalue weighted by molar-refractivity contribution is 0.770. The molecule has 0 heterocycles. The quantitative estimate of drug-likeness (QED) is 0.165. The Bertz CT molecular complexity index is 1850. The van der Waals surface area contributed by atoms with Crippen LogP contribution in [-0.2, 0) is 0 Å². The van der Waals surface area contributed by atoms with E-state index in [0.29, 0.717) is 5.92 Å². The number of nitrogens with zero attached hydrogens (tertiary/aromatic N) is 1. The first kappa shape index (κ1) is 28.8. The average Bonchev–Trinajstić information content (AvgIpc) is 3.09. The monoisotopic (exact) mass is 567 g/mol. The molecule has 5 aromatic carbocycles. The number of aryl methyl sites for hydroxylation is 1. The number of aliphatic imine (C=N–C) groups is 1. The Hall–Kier alpha value is -5.27. The zero-order chi connectivity index (χ0) is 30.3. The number of hydrogen-bond acceptors (Lipinski definition) is 1. The SMILES string of the molecule is C=C(/N=C(\C=C(/C)C1C=CC(c2ccccc2)=CC1)c1ccc(-c2ccccc2)cc1)c1ccc(-c2ccc(C)cc2)cc1. The average molecular weight is 568 g/mol. The lowest BCUT2D eigenvalue weighted by Gasteiger charge is -2.18. The number of rotatable bonds is 8. The molecule has 0 fully saturated rings. The van der Waals surface area contributed by atoms with Crippen LogP contribution in [0, 0.1) is 12.8 Å². The molecule has 1 nitrogen and oxygen atoms in total. The molecule has 1 atom stereocenters. The zero-order valence-corrected chi connectivity index (χ0v) is 25.4. The van der Waals surface area contributed by atoms with E-state index in [4.69, 9.17) is 4.99 Å². The first-order chi connectivity index (χ1) is 21.5. The molecule has 0 bridgehead atoms. The molecule has 0 saturated heterocycles. The van der Waals surface area contributed by atoms with Crippen LogP contribution in [0.2, 0.25) is 0 Å². The largest absolute Gasteiger partial charge is 0.248 e. The maximum Gasteiger partial charge on any atom is 0.0708 e. The van der Waals surface area contributed by atoms with E-state index in [9.17, 15) is 0 Å². The van der Waals surface area contributed by atoms with Gasteiger partial charge in [-0.3, -0.25) is 0 Å². The molecule has 1 aliphatic rings. The van der Waals surface area contributed by atoms with E-state index < -0.39 is 0 Å². The molecule has 0 N–H and O–H groups in total. The highest BCUT2D eigenvalue weighted by Gasteiger charge is 2.14. The highest BCUT2D eigenvalue weighted by molar-refractivity contribution is 6.11. The number of benzene rings is 5. The lowest BCUT2D eigenvalue weighted by atomic mass is 9.87. The van der Waals surface area contributed by atoms with Crippen molar-refractivity contribution in [3.8, 4) is 22.3 Å². The summed E-state index contributed by atoms with van der Waals surface area (Å²) >= 11 is 0. The van der Waals surface area contributed by atoms with E-state index in [1.807, 2.05) is 6.07 Å². The van der Waals surface area contributed by atoms with Crippen LogP contribution in [0.25, 0.3) is 33.5 Å². The standard InChI is InChI=1S/C43H37N/c1-31-14-16-38(17-15-31)41-24-20-35(21-25-41)33(3)44-43(42-28-26-40(27-29-42)37-12-8-5-9-13-37)30-32(2)34-18-22-39(23-19-34)36-10-6-4-7-11-36/h4-18,20-30,34H,3,19H2,1-2H3/b32-30+,44-43+. The molecular formula is C43H37N. The summed E-state index contributed by atoms with van der Waals surface area (Å²) < 4.78 is 0. The van der Waals surface area contributed by atoms with Crippen molar-refractivity contribution in [3.05, 3.63) is 192 Å². The Morgan fingerprint density at radius 1 is 0.636 bits per heavy atom. The highest BCUT2D eigenvalue weighted by atomic mass is 14.8. The van der Waals surface area contributed by atoms with Crippen molar-refractivity contribution in [1.29, 1.82) is 0 Å². The second-order valence-corrected chi connectivity index (χ2v) is 11.4. The fourth-order valence-electron chi connectivity index (χ4n) is 5.58. The predicted molar refractivity (Wildman–Crippen MR) is 189 cm³/mol. The van der Waals surface area contributed by atoms with E-state index >= 15 is 0 Å². The first-order valence-corrected chi connectivity index (χ1v) is 15.3. The molecule has 214 valence electrons. The molecule has 0 saturated carbocycles. The van der Waals surface area contributed by atoms with Crippen molar-refractivity contribution in [1.82, 2.24) is 0 Å². The maximum absolute atomic E-state index is 5.14. The van der Waals surface area contributed by atoms with Crippen molar-refractivity contribution in [2.75, 3.05) is 0 Å². The van der Waals surface area contributed by atoms with Crippen LogP contribution < -0.4 is 0 Å². The van der Waals surface area contributed by atoms with Gasteiger partial charge in [-0.1, -0.05) is 169 Å². The molecule has 0 radical (unpaired) electrons. The van der Waals surface area contributed by atoms with E-state index in [-0.39, 0.29) is 0 Å². The third-order valence-electron chi connectivity index (χ3n) is 8.30. The minimum atomic E-state index is 0.318. The summed E-state index contributed by atoms with van der Waals surface area (Å²) in [5.41, 5.74) is 13.6. The summed E-state index contributed by atoms with van der Waals surface area (Å²) in [6.07, 6.45) is 10.1. The van der Waals surface area contributed by atoms with Gasteiger partial charge in [0.2, 0.25) is 0 Å². The first-order valence-electron chi connectivity index (χ1n) is 15.3. The van der Waals surface area contributed by atoms with Gasteiger partial charge in [0.15, 0.2) is 0 Å². The summed E-state index contributed by atoms with van der Waals surface area (Å²) in [6.45, 7) is 8.72. The molecule has 0 spiro atoms. The van der Waals surface area contributed by atoms with Crippen molar-refractivity contribution in [2.24, 2.45) is 10.9 Å². The smallest absolute Gasteiger partial charge is 0.0708 e. The summed E-state index contributed by atoms with van der Waals surface area (Å²) in [6, 6.07) is 46.9. The van der Waals surface area contributed by atoms with Gasteiger partial charge in [-0.15, -0.1) is 0 Å². The molecular weight excluding hydrogens is 530 g/mol. The number of allylic oxidation sites excluding steroid dienone is 6. The van der Waals surface area contributed by atoms with Crippen LogP contribution in [0.1, 0.15) is 35.6 Å². The van der Waals surface area contributed by atoms with Gasteiger partial charge in [-0.2, -0.15) is 0 Å². The van der Waals surface area contributed by atoms with Crippen molar-refractivity contribution in [3.63, 3.8) is 0 Å². The van der Waals surface area contributed by atoms with Gasteiger partial charge in [-0.25, -0.2) is 4.99 Å². The molecule has 0 aromatic heterocycles. The molecule has 1 heteroatoms. The Morgan fingerprint density at radius 3 is 1.68 bits per heavy atom. The molecule has 6 rings (SSSR count). The van der Waals surface area contributed by atoms with E-state index in [0.717, 1.165) is 29.0 Å². The summed E-state index contributed by atoms with van der Waals surface area (Å²) in [5.74, 6) is 0.318. The van der Waals surface area contributed by atoms with Crippen LogP contribution in [0.5, 0.6) is 0 Å². The fraction of sp³-hybridized carbons (Fsp3) is 0.0930. The fourth-order valence-corrected chi connectivity index (χ4v) is 5.58. The van der Waals surface area contributed by atoms with E-state index in [1.54, 1.807) is 0 Å². The van der Waals surface area contributed by atoms with Crippen LogP contribution in [-0.4, -0.2) is 5.71 Å². The van der Waals surface area contributed by atoms with Crippen LogP contribution in [0.4, 0.5) is 0 Å². The van der Waals surface area contributed by atoms with Gasteiger partial charge in [-0.05, 0) is 65.3 Å².